The smallest absolute Gasteiger partial charge is 0.262 e. The molecule has 1 amide bonds. The quantitative estimate of drug-likeness (QED) is 0.549. The Bertz CT molecular complexity index is 1070. The van der Waals surface area contributed by atoms with E-state index in [2.05, 4.69) is 22.0 Å². The first-order valence-electron chi connectivity index (χ1n) is 11.6. The summed E-state index contributed by atoms with van der Waals surface area (Å²) in [4.78, 5) is 17.3. The molecule has 1 aliphatic rings. The molecule has 0 saturated carbocycles. The second kappa shape index (κ2) is 11.6. The number of carbonyl (C=O) groups is 1. The fourth-order valence-corrected chi connectivity index (χ4v) is 5.42. The molecule has 1 saturated heterocycles. The van der Waals surface area contributed by atoms with E-state index in [-0.39, 0.29) is 11.5 Å². The van der Waals surface area contributed by atoms with Gasteiger partial charge in [-0.15, -0.1) is 0 Å². The highest BCUT2D eigenvalue weighted by Crippen LogP contribution is 2.31. The van der Waals surface area contributed by atoms with Crippen LogP contribution in [0, 0.1) is 5.82 Å². The maximum Gasteiger partial charge on any atom is 0.262 e. The van der Waals surface area contributed by atoms with Gasteiger partial charge in [-0.3, -0.25) is 4.79 Å². The Hall–Kier alpha value is -2.69. The van der Waals surface area contributed by atoms with Crippen LogP contribution in [0.1, 0.15) is 20.8 Å². The first-order chi connectivity index (χ1) is 16.3. The molecule has 0 aliphatic carbocycles. The Kier molecular flexibility index (Phi) is 8.87. The molecule has 0 aromatic heterocycles. The van der Waals surface area contributed by atoms with E-state index in [1.54, 1.807) is 26.0 Å². The number of halogens is 1. The highest BCUT2D eigenvalue weighted by Gasteiger charge is 2.25. The Morgan fingerprint density at radius 1 is 1.03 bits per heavy atom. The van der Waals surface area contributed by atoms with Crippen LogP contribution in [0.3, 0.4) is 0 Å². The second-order valence-corrected chi connectivity index (χ2v) is 9.92. The van der Waals surface area contributed by atoms with Crippen molar-refractivity contribution in [2.24, 2.45) is 0 Å². The zero-order valence-corrected chi connectivity index (χ0v) is 20.8. The van der Waals surface area contributed by atoms with Crippen LogP contribution in [-0.2, 0) is 14.8 Å². The average Bonchev–Trinajstić information content (AvgIpc) is 2.84. The molecule has 2 aromatic carbocycles. The van der Waals surface area contributed by atoms with Gasteiger partial charge in [0.25, 0.3) is 5.91 Å². The third-order valence-electron chi connectivity index (χ3n) is 5.93. The molecule has 0 spiro atoms. The van der Waals surface area contributed by atoms with Crippen molar-refractivity contribution in [2.45, 2.75) is 25.7 Å². The number of rotatable bonds is 10. The summed E-state index contributed by atoms with van der Waals surface area (Å²) in [5.74, 6) is -0.462. The lowest BCUT2D eigenvalue weighted by atomic mass is 10.2. The van der Waals surface area contributed by atoms with Crippen LogP contribution in [0.25, 0.3) is 0 Å². The third-order valence-corrected chi connectivity index (χ3v) is 7.97. The van der Waals surface area contributed by atoms with Gasteiger partial charge in [0.05, 0.1) is 16.3 Å². The Labute approximate surface area is 201 Å². The maximum absolute atomic E-state index is 13.1. The van der Waals surface area contributed by atoms with Crippen molar-refractivity contribution in [3.05, 3.63) is 48.3 Å². The minimum Gasteiger partial charge on any atom is -0.484 e. The molecule has 34 heavy (non-hydrogen) atoms. The number of hydrogen-bond donors (Lipinski definition) is 1. The predicted molar refractivity (Wildman–Crippen MR) is 131 cm³/mol. The fraction of sp³-hybridized carbons (Fsp3) is 0.458. The van der Waals surface area contributed by atoms with E-state index in [9.17, 15) is 17.6 Å². The topological polar surface area (TPSA) is 82.2 Å². The van der Waals surface area contributed by atoms with E-state index < -0.39 is 21.7 Å². The van der Waals surface area contributed by atoms with Gasteiger partial charge in [0.1, 0.15) is 11.6 Å². The summed E-state index contributed by atoms with van der Waals surface area (Å²) in [6, 6.07) is 10.3. The summed E-state index contributed by atoms with van der Waals surface area (Å²) in [6.45, 7) is 10.4. The average molecular weight is 493 g/mol. The van der Waals surface area contributed by atoms with Crippen molar-refractivity contribution >= 4 is 27.3 Å². The molecule has 2 aromatic rings. The van der Waals surface area contributed by atoms with Crippen LogP contribution in [0.5, 0.6) is 5.75 Å². The van der Waals surface area contributed by atoms with Crippen molar-refractivity contribution < 1.29 is 22.3 Å². The zero-order valence-electron chi connectivity index (χ0n) is 20.0. The number of likely N-dealkylation sites (N-methyl/N-ethyl adjacent to an activating group) is 1. The van der Waals surface area contributed by atoms with E-state index in [4.69, 9.17) is 4.74 Å². The van der Waals surface area contributed by atoms with Crippen LogP contribution < -0.4 is 15.0 Å². The van der Waals surface area contributed by atoms with E-state index in [0.29, 0.717) is 24.5 Å². The number of benzene rings is 2. The lowest BCUT2D eigenvalue weighted by Gasteiger charge is -2.36. The van der Waals surface area contributed by atoms with E-state index in [0.717, 1.165) is 38.4 Å². The summed E-state index contributed by atoms with van der Waals surface area (Å²) in [6.07, 6.45) is 0. The van der Waals surface area contributed by atoms with Gasteiger partial charge in [-0.25, -0.2) is 12.8 Å². The minimum absolute atomic E-state index is 0.127. The van der Waals surface area contributed by atoms with Crippen molar-refractivity contribution in [3.63, 3.8) is 0 Å². The summed E-state index contributed by atoms with van der Waals surface area (Å²) in [7, 11) is -3.69. The van der Waals surface area contributed by atoms with E-state index in [1.165, 1.54) is 34.6 Å². The summed E-state index contributed by atoms with van der Waals surface area (Å²) in [5.41, 5.74) is 1.19. The highest BCUT2D eigenvalue weighted by atomic mass is 32.2. The van der Waals surface area contributed by atoms with Crippen LogP contribution >= 0.6 is 0 Å². The van der Waals surface area contributed by atoms with Crippen molar-refractivity contribution in [1.82, 2.24) is 9.21 Å². The van der Waals surface area contributed by atoms with Gasteiger partial charge in [-0.2, -0.15) is 4.31 Å². The first kappa shape index (κ1) is 25.9. The van der Waals surface area contributed by atoms with Crippen LogP contribution in [0.4, 0.5) is 15.8 Å². The van der Waals surface area contributed by atoms with Gasteiger partial charge < -0.3 is 19.9 Å². The number of carbonyl (C=O) groups excluding carboxylic acids is 1. The molecule has 1 N–H and O–H groups in total. The third kappa shape index (κ3) is 6.25. The molecule has 1 heterocycles. The first-order valence-corrected chi connectivity index (χ1v) is 13.0. The molecule has 0 radical (unpaired) electrons. The van der Waals surface area contributed by atoms with Gasteiger partial charge in [0.15, 0.2) is 6.61 Å². The summed E-state index contributed by atoms with van der Waals surface area (Å²) >= 11 is 0. The van der Waals surface area contributed by atoms with E-state index >= 15 is 0 Å². The van der Waals surface area contributed by atoms with Gasteiger partial charge in [0, 0.05) is 39.3 Å². The molecule has 1 fully saturated rings. The molecule has 0 unspecified atom stereocenters. The molecule has 1 aliphatic heterocycles. The van der Waals surface area contributed by atoms with Crippen LogP contribution in [0.15, 0.2) is 47.4 Å². The number of amides is 1. The highest BCUT2D eigenvalue weighted by molar-refractivity contribution is 7.89. The molecule has 10 heteroatoms. The number of anilines is 2. The zero-order chi connectivity index (χ0) is 24.7. The Morgan fingerprint density at radius 3 is 2.26 bits per heavy atom. The maximum atomic E-state index is 13.1. The van der Waals surface area contributed by atoms with Crippen LogP contribution in [-0.4, -0.2) is 76.0 Å². The standard InChI is InChI=1S/C24H33FN4O4S/c1-4-27-13-15-28(16-14-27)23-12-11-21(34(31,32)29(5-2)6-3)17-22(23)26-24(30)18-33-20-9-7-19(25)8-10-20/h7-12,17H,4-6,13-16,18H2,1-3H3,(H,26,30). The Morgan fingerprint density at radius 2 is 1.68 bits per heavy atom. The van der Waals surface area contributed by atoms with Gasteiger partial charge in [-0.05, 0) is 49.0 Å². The number of ether oxygens (including phenoxy) is 1. The molecule has 186 valence electrons. The number of nitrogens with zero attached hydrogens (tertiary/aromatic N) is 3. The molecule has 0 atom stereocenters. The normalized spacial score (nSPS) is 14.9. The lowest BCUT2D eigenvalue weighted by Crippen LogP contribution is -2.46. The molecule has 0 bridgehead atoms. The summed E-state index contributed by atoms with van der Waals surface area (Å²) in [5, 5.41) is 2.83. The lowest BCUT2D eigenvalue weighted by molar-refractivity contribution is -0.118. The van der Waals surface area contributed by atoms with Crippen molar-refractivity contribution in [3.8, 4) is 5.75 Å². The summed E-state index contributed by atoms with van der Waals surface area (Å²) < 4.78 is 46.1. The molecule has 8 nitrogen and oxygen atoms in total. The van der Waals surface area contributed by atoms with Crippen molar-refractivity contribution in [1.29, 1.82) is 0 Å². The number of piperazine rings is 1. The van der Waals surface area contributed by atoms with Gasteiger partial charge in [0.2, 0.25) is 10.0 Å². The van der Waals surface area contributed by atoms with Crippen molar-refractivity contribution in [2.75, 3.05) is 62.6 Å². The molecule has 3 rings (SSSR count). The molecular weight excluding hydrogens is 459 g/mol. The fourth-order valence-electron chi connectivity index (χ4n) is 3.94. The van der Waals surface area contributed by atoms with Crippen LogP contribution in [0.2, 0.25) is 0 Å². The minimum atomic E-state index is -3.69. The largest absolute Gasteiger partial charge is 0.484 e. The Balaban J connectivity index is 1.84. The number of nitrogens with one attached hydrogen (secondary N) is 1. The SMILES string of the molecule is CCN1CCN(c2ccc(S(=O)(=O)N(CC)CC)cc2NC(=O)COc2ccc(F)cc2)CC1. The second-order valence-electron chi connectivity index (χ2n) is 7.98. The monoisotopic (exact) mass is 492 g/mol. The van der Waals surface area contributed by atoms with E-state index in [1.807, 2.05) is 0 Å². The number of hydrogen-bond acceptors (Lipinski definition) is 6. The van der Waals surface area contributed by atoms with Gasteiger partial charge >= 0.3 is 0 Å². The van der Waals surface area contributed by atoms with Gasteiger partial charge in [-0.1, -0.05) is 20.8 Å². The number of sulfonamides is 1. The predicted octanol–water partition coefficient (Wildman–Crippen LogP) is 3.02. The molecular formula is C24H33FN4O4S.